The van der Waals surface area contributed by atoms with Crippen LogP contribution in [-0.2, 0) is 89.4 Å². The fraction of sp³-hybridized carbons (Fsp3) is 0.261. The number of hydrogen-bond acceptors (Lipinski definition) is 17. The summed E-state index contributed by atoms with van der Waals surface area (Å²) >= 11 is 24.0. The maximum Gasteiger partial charge on any atom is 0.338 e. The molecule has 0 heterocycles. The first-order valence-electron chi connectivity index (χ1n) is 28.5. The average molecular weight is 1310 g/mol. The van der Waals surface area contributed by atoms with E-state index < -0.39 is 66.7 Å². The molecule has 0 spiro atoms. The molecule has 7 aromatic rings. The minimum atomic E-state index is -1.16. The van der Waals surface area contributed by atoms with Crippen LogP contribution >= 0.6 is 46.4 Å². The van der Waals surface area contributed by atoms with Crippen LogP contribution in [-0.4, -0.2) is 99.7 Å². The van der Waals surface area contributed by atoms with Crippen molar-refractivity contribution < 1.29 is 80.9 Å². The molecule has 90 heavy (non-hydrogen) atoms. The summed E-state index contributed by atoms with van der Waals surface area (Å²) in [6.07, 6.45) is -0.320. The van der Waals surface area contributed by atoms with Gasteiger partial charge >= 0.3 is 41.8 Å². The van der Waals surface area contributed by atoms with Crippen molar-refractivity contribution in [2.24, 2.45) is 0 Å². The molecule has 3 unspecified atom stereocenters. The Morgan fingerprint density at radius 2 is 0.633 bits per heavy atom. The van der Waals surface area contributed by atoms with Crippen molar-refractivity contribution in [2.45, 2.75) is 76.3 Å². The first kappa shape index (κ1) is 68.6. The molecule has 7 rings (SSSR count). The van der Waals surface area contributed by atoms with Crippen molar-refractivity contribution in [3.8, 4) is 17.2 Å². The SMILES string of the molecule is C=CC(=O)OCc1ccc(OCC(COC(=O)c2ccc(OCC(COC(=O)CCc3ccc(Cl)cc3)OC(=O)CCc3ccc(Cl)cc3)cc2)OC(=O)c2ccc(OCC(COC(=O)CCc3ccc(Cl)cc3)OC(=O)CCc3ccc(Cl)cc3)cc2)cc1. The molecule has 0 fully saturated rings. The van der Waals surface area contributed by atoms with Crippen LogP contribution in [0.4, 0.5) is 0 Å². The lowest BCUT2D eigenvalue weighted by Crippen LogP contribution is -2.31. The molecule has 21 heteroatoms. The van der Waals surface area contributed by atoms with Gasteiger partial charge in [0.1, 0.15) is 63.5 Å². The number of aryl methyl sites for hydroxylation is 4. The van der Waals surface area contributed by atoms with E-state index in [1.165, 1.54) is 48.5 Å². The number of carbonyl (C=O) groups is 7. The lowest BCUT2D eigenvalue weighted by Gasteiger charge is -2.20. The zero-order valence-corrected chi connectivity index (χ0v) is 51.8. The summed E-state index contributed by atoms with van der Waals surface area (Å²) in [7, 11) is 0. The molecular formula is C69H64Cl4O17. The van der Waals surface area contributed by atoms with E-state index in [1.807, 2.05) is 48.5 Å². The number of hydrogen-bond donors (Lipinski definition) is 0. The Morgan fingerprint density at radius 3 is 0.989 bits per heavy atom. The molecule has 0 aromatic heterocycles. The summed E-state index contributed by atoms with van der Waals surface area (Å²) in [5, 5.41) is 2.27. The summed E-state index contributed by atoms with van der Waals surface area (Å²) in [6.45, 7) is 1.68. The molecule has 470 valence electrons. The molecule has 7 aromatic carbocycles. The summed E-state index contributed by atoms with van der Waals surface area (Å²) in [5.74, 6) is -3.35. The fourth-order valence-corrected chi connectivity index (χ4v) is 8.76. The number of benzene rings is 7. The Kier molecular flexibility index (Phi) is 27.9. The Hall–Kier alpha value is -8.87. The Labute approximate surface area is 540 Å². The van der Waals surface area contributed by atoms with Crippen LogP contribution < -0.4 is 14.2 Å². The first-order valence-corrected chi connectivity index (χ1v) is 30.0. The number of halogens is 4. The molecule has 3 atom stereocenters. The molecule has 0 aliphatic rings. The second-order valence-electron chi connectivity index (χ2n) is 20.2. The van der Waals surface area contributed by atoms with Crippen LogP contribution in [0.3, 0.4) is 0 Å². The van der Waals surface area contributed by atoms with Gasteiger partial charge in [0.15, 0.2) is 18.3 Å². The van der Waals surface area contributed by atoms with E-state index in [4.69, 9.17) is 93.8 Å². The second-order valence-corrected chi connectivity index (χ2v) is 21.9. The number of rotatable bonds is 35. The van der Waals surface area contributed by atoms with Gasteiger partial charge in [-0.3, -0.25) is 19.2 Å². The van der Waals surface area contributed by atoms with Crippen LogP contribution in [0.1, 0.15) is 74.2 Å². The minimum absolute atomic E-state index is 0.00739. The topological polar surface area (TPSA) is 212 Å². The zero-order chi connectivity index (χ0) is 64.0. The van der Waals surface area contributed by atoms with E-state index in [0.717, 1.165) is 28.3 Å². The second kappa shape index (κ2) is 36.6. The van der Waals surface area contributed by atoms with E-state index in [-0.39, 0.29) is 88.0 Å². The molecule has 0 bridgehead atoms. The summed E-state index contributed by atoms with van der Waals surface area (Å²) in [6, 6.07) is 46.7. The average Bonchev–Trinajstić information content (AvgIpc) is 3.51. The molecule has 0 N–H and O–H groups in total. The molecule has 0 aliphatic carbocycles. The van der Waals surface area contributed by atoms with Crippen LogP contribution in [0.5, 0.6) is 17.2 Å². The van der Waals surface area contributed by atoms with E-state index in [9.17, 15) is 33.6 Å². The quantitative estimate of drug-likeness (QED) is 0.0205. The van der Waals surface area contributed by atoms with Gasteiger partial charge < -0.3 is 47.4 Å². The van der Waals surface area contributed by atoms with Gasteiger partial charge in [-0.1, -0.05) is 114 Å². The lowest BCUT2D eigenvalue weighted by molar-refractivity contribution is -0.160. The van der Waals surface area contributed by atoms with Crippen molar-refractivity contribution in [1.29, 1.82) is 0 Å². The van der Waals surface area contributed by atoms with Gasteiger partial charge in [0.25, 0.3) is 0 Å². The highest BCUT2D eigenvalue weighted by Crippen LogP contribution is 2.21. The monoisotopic (exact) mass is 1300 g/mol. The van der Waals surface area contributed by atoms with Crippen molar-refractivity contribution in [3.05, 3.63) is 242 Å². The van der Waals surface area contributed by atoms with E-state index in [0.29, 0.717) is 57.1 Å². The van der Waals surface area contributed by atoms with Crippen LogP contribution in [0.25, 0.3) is 0 Å². The van der Waals surface area contributed by atoms with Gasteiger partial charge in [0, 0.05) is 51.8 Å². The third kappa shape index (κ3) is 25.3. The van der Waals surface area contributed by atoms with Crippen molar-refractivity contribution in [2.75, 3.05) is 39.6 Å². The lowest BCUT2D eigenvalue weighted by atomic mass is 10.1. The van der Waals surface area contributed by atoms with Gasteiger partial charge in [0.05, 0.1) is 11.1 Å². The van der Waals surface area contributed by atoms with Crippen molar-refractivity contribution >= 4 is 88.2 Å². The number of esters is 7. The molecule has 0 aliphatic heterocycles. The van der Waals surface area contributed by atoms with Crippen LogP contribution in [0.15, 0.2) is 183 Å². The van der Waals surface area contributed by atoms with E-state index in [1.54, 1.807) is 72.8 Å². The molecule has 17 nitrogen and oxygen atoms in total. The van der Waals surface area contributed by atoms with Gasteiger partial charge in [-0.25, -0.2) is 14.4 Å². The van der Waals surface area contributed by atoms with Crippen LogP contribution in [0, 0.1) is 0 Å². The fourth-order valence-electron chi connectivity index (χ4n) is 8.25. The largest absolute Gasteiger partial charge is 0.490 e. The standard InChI is InChI=1S/C69H64Cl4O17/c1-2-63(74)84-39-50-11-29-57(30-12-50)83-42-62(90-69(80)52-19-33-59(34-20-52)82-41-61(89-67(78)38-16-49-9-27-56(73)28-10-49)44-86-65(76)36-14-47-5-23-54(71)24-6-47)45-87-68(79)51-17-31-58(32-18-51)81-40-60(88-66(77)37-15-48-7-25-55(72)26-8-48)43-85-64(75)35-13-46-3-21-53(70)22-4-46/h2-12,17-34,60-62H,1,13-16,35-45H2. The molecule has 0 saturated carbocycles. The minimum Gasteiger partial charge on any atom is -0.490 e. The zero-order valence-electron chi connectivity index (χ0n) is 48.7. The maximum absolute atomic E-state index is 13.7. The highest BCUT2D eigenvalue weighted by molar-refractivity contribution is 6.31. The van der Waals surface area contributed by atoms with Gasteiger partial charge in [-0.2, -0.15) is 0 Å². The Bertz CT molecular complexity index is 3450. The van der Waals surface area contributed by atoms with E-state index in [2.05, 4.69) is 6.58 Å². The predicted octanol–water partition coefficient (Wildman–Crippen LogP) is 13.2. The molecular weight excluding hydrogens is 1240 g/mol. The Morgan fingerprint density at radius 1 is 0.333 bits per heavy atom. The summed E-state index contributed by atoms with van der Waals surface area (Å²) in [4.78, 5) is 90.6. The first-order chi connectivity index (χ1) is 43.5. The number of carbonyl (C=O) groups excluding carboxylic acids is 7. The van der Waals surface area contributed by atoms with E-state index >= 15 is 0 Å². The third-order valence-electron chi connectivity index (χ3n) is 13.2. The van der Waals surface area contributed by atoms with Gasteiger partial charge in [-0.15, -0.1) is 0 Å². The van der Waals surface area contributed by atoms with Crippen molar-refractivity contribution in [3.63, 3.8) is 0 Å². The van der Waals surface area contributed by atoms with Gasteiger partial charge in [-0.05, 0) is 163 Å². The third-order valence-corrected chi connectivity index (χ3v) is 14.2. The van der Waals surface area contributed by atoms with Crippen LogP contribution in [0.2, 0.25) is 20.1 Å². The predicted molar refractivity (Wildman–Crippen MR) is 336 cm³/mol. The molecule has 0 radical (unpaired) electrons. The molecule has 0 saturated heterocycles. The highest BCUT2D eigenvalue weighted by Gasteiger charge is 2.24. The maximum atomic E-state index is 13.7. The normalized spacial score (nSPS) is 11.8. The number of ether oxygens (including phenoxy) is 10. The Balaban J connectivity index is 0.951. The van der Waals surface area contributed by atoms with Gasteiger partial charge in [0.2, 0.25) is 0 Å². The highest BCUT2D eigenvalue weighted by atomic mass is 35.5. The summed E-state index contributed by atoms with van der Waals surface area (Å²) in [5.41, 5.74) is 4.39. The molecule has 0 amide bonds. The smallest absolute Gasteiger partial charge is 0.338 e. The van der Waals surface area contributed by atoms with Crippen molar-refractivity contribution in [1.82, 2.24) is 0 Å². The summed E-state index contributed by atoms with van der Waals surface area (Å²) < 4.78 is 57.0.